The van der Waals surface area contributed by atoms with Gasteiger partial charge in [-0.1, -0.05) is 6.92 Å². The molecule has 0 bridgehead atoms. The van der Waals surface area contributed by atoms with Crippen molar-refractivity contribution in [2.24, 2.45) is 5.73 Å². The molecular formula is C12H19N3OS. The first kappa shape index (κ1) is 12.5. The number of aryl methyl sites for hydroxylation is 1. The Balaban J connectivity index is 2.02. The van der Waals surface area contributed by atoms with Crippen LogP contribution < -0.4 is 5.73 Å². The fourth-order valence-electron chi connectivity index (χ4n) is 2.09. The van der Waals surface area contributed by atoms with Crippen molar-refractivity contribution in [1.29, 1.82) is 0 Å². The van der Waals surface area contributed by atoms with Crippen LogP contribution >= 0.6 is 11.3 Å². The average molecular weight is 253 g/mol. The molecule has 1 atom stereocenters. The van der Waals surface area contributed by atoms with Crippen molar-refractivity contribution in [3.8, 4) is 0 Å². The number of hydrogen-bond acceptors (Lipinski definition) is 4. The van der Waals surface area contributed by atoms with Gasteiger partial charge >= 0.3 is 0 Å². The number of hydrogen-bond donors (Lipinski definition) is 1. The molecule has 0 radical (unpaired) electrons. The van der Waals surface area contributed by atoms with Gasteiger partial charge in [-0.15, -0.1) is 11.3 Å². The minimum atomic E-state index is 0.0972. The van der Waals surface area contributed by atoms with Crippen molar-refractivity contribution < 1.29 is 4.79 Å². The summed E-state index contributed by atoms with van der Waals surface area (Å²) in [7, 11) is 0. The van der Waals surface area contributed by atoms with E-state index in [1.54, 1.807) is 6.20 Å². The van der Waals surface area contributed by atoms with Crippen LogP contribution in [0.1, 0.15) is 40.9 Å². The molecule has 1 aliphatic heterocycles. The zero-order valence-electron chi connectivity index (χ0n) is 10.2. The molecule has 2 rings (SSSR count). The molecule has 0 spiro atoms. The Morgan fingerprint density at radius 3 is 3.24 bits per heavy atom. The van der Waals surface area contributed by atoms with Crippen molar-refractivity contribution in [3.05, 3.63) is 16.1 Å². The van der Waals surface area contributed by atoms with Gasteiger partial charge in [-0.2, -0.15) is 0 Å². The SMILES string of the molecule is CCCc1ncc(C(=O)N2CCCC(N)C2)s1. The van der Waals surface area contributed by atoms with Gasteiger partial charge in [-0.3, -0.25) is 4.79 Å². The summed E-state index contributed by atoms with van der Waals surface area (Å²) in [6.07, 6.45) is 5.76. The van der Waals surface area contributed by atoms with E-state index in [0.717, 1.165) is 42.1 Å². The van der Waals surface area contributed by atoms with Crippen LogP contribution in [0.15, 0.2) is 6.20 Å². The topological polar surface area (TPSA) is 59.2 Å². The average Bonchev–Trinajstić information content (AvgIpc) is 2.77. The Hall–Kier alpha value is -0.940. The summed E-state index contributed by atoms with van der Waals surface area (Å²) in [6, 6.07) is 0.135. The standard InChI is InChI=1S/C12H19N3OS/c1-2-4-11-14-7-10(17-11)12(16)15-6-3-5-9(13)8-15/h7,9H,2-6,8,13H2,1H3. The van der Waals surface area contributed by atoms with Gasteiger partial charge in [-0.25, -0.2) is 4.98 Å². The predicted octanol–water partition coefficient (Wildman–Crippen LogP) is 1.66. The summed E-state index contributed by atoms with van der Waals surface area (Å²) in [5.41, 5.74) is 5.89. The van der Waals surface area contributed by atoms with Gasteiger partial charge < -0.3 is 10.6 Å². The first-order valence-electron chi connectivity index (χ1n) is 6.20. The van der Waals surface area contributed by atoms with E-state index in [0.29, 0.717) is 6.54 Å². The molecule has 17 heavy (non-hydrogen) atoms. The van der Waals surface area contributed by atoms with Crippen LogP contribution in [-0.4, -0.2) is 34.9 Å². The van der Waals surface area contributed by atoms with Crippen LogP contribution in [0.2, 0.25) is 0 Å². The van der Waals surface area contributed by atoms with E-state index in [1.165, 1.54) is 11.3 Å². The highest BCUT2D eigenvalue weighted by molar-refractivity contribution is 7.13. The summed E-state index contributed by atoms with van der Waals surface area (Å²) in [5, 5.41) is 1.05. The number of carbonyl (C=O) groups is 1. The fraction of sp³-hybridized carbons (Fsp3) is 0.667. The van der Waals surface area contributed by atoms with E-state index >= 15 is 0 Å². The fourth-order valence-corrected chi connectivity index (χ4v) is 3.08. The van der Waals surface area contributed by atoms with Crippen LogP contribution in [-0.2, 0) is 6.42 Å². The summed E-state index contributed by atoms with van der Waals surface area (Å²) in [4.78, 5) is 19.1. The lowest BCUT2D eigenvalue weighted by Crippen LogP contribution is -2.45. The van der Waals surface area contributed by atoms with Crippen LogP contribution in [0, 0.1) is 0 Å². The number of carbonyl (C=O) groups excluding carboxylic acids is 1. The quantitative estimate of drug-likeness (QED) is 0.891. The maximum Gasteiger partial charge on any atom is 0.265 e. The summed E-state index contributed by atoms with van der Waals surface area (Å²) in [6.45, 7) is 3.62. The lowest BCUT2D eigenvalue weighted by molar-refractivity contribution is 0.0713. The summed E-state index contributed by atoms with van der Waals surface area (Å²) >= 11 is 1.52. The number of piperidine rings is 1. The molecule has 1 amide bonds. The van der Waals surface area contributed by atoms with Crippen LogP contribution in [0.3, 0.4) is 0 Å². The minimum absolute atomic E-state index is 0.0972. The molecule has 1 aromatic heterocycles. The first-order chi connectivity index (χ1) is 8.20. The van der Waals surface area contributed by atoms with Crippen molar-refractivity contribution in [2.45, 2.75) is 38.6 Å². The highest BCUT2D eigenvalue weighted by Gasteiger charge is 2.23. The molecule has 0 saturated carbocycles. The van der Waals surface area contributed by atoms with Gasteiger partial charge in [0.1, 0.15) is 4.88 Å². The second-order valence-corrected chi connectivity index (χ2v) is 5.64. The third-order valence-corrected chi connectivity index (χ3v) is 4.02. The number of aromatic nitrogens is 1. The van der Waals surface area contributed by atoms with E-state index < -0.39 is 0 Å². The molecule has 2 N–H and O–H groups in total. The Morgan fingerprint density at radius 2 is 2.53 bits per heavy atom. The van der Waals surface area contributed by atoms with E-state index in [2.05, 4.69) is 11.9 Å². The van der Waals surface area contributed by atoms with Crippen LogP contribution in [0.4, 0.5) is 0 Å². The van der Waals surface area contributed by atoms with Gasteiger partial charge in [0.15, 0.2) is 0 Å². The number of nitrogens with zero attached hydrogens (tertiary/aromatic N) is 2. The molecule has 1 saturated heterocycles. The van der Waals surface area contributed by atoms with Gasteiger partial charge in [0, 0.05) is 19.1 Å². The van der Waals surface area contributed by atoms with Gasteiger partial charge in [0.05, 0.1) is 11.2 Å². The van der Waals surface area contributed by atoms with E-state index in [9.17, 15) is 4.79 Å². The lowest BCUT2D eigenvalue weighted by atomic mass is 10.1. The normalized spacial score (nSPS) is 20.6. The largest absolute Gasteiger partial charge is 0.336 e. The second-order valence-electron chi connectivity index (χ2n) is 4.52. The molecule has 1 unspecified atom stereocenters. The number of rotatable bonds is 3. The Morgan fingerprint density at radius 1 is 1.71 bits per heavy atom. The third-order valence-electron chi connectivity index (χ3n) is 2.97. The van der Waals surface area contributed by atoms with Crippen LogP contribution in [0.5, 0.6) is 0 Å². The van der Waals surface area contributed by atoms with Crippen molar-refractivity contribution >= 4 is 17.2 Å². The van der Waals surface area contributed by atoms with Crippen molar-refractivity contribution in [2.75, 3.05) is 13.1 Å². The van der Waals surface area contributed by atoms with Crippen LogP contribution in [0.25, 0.3) is 0 Å². The maximum absolute atomic E-state index is 12.2. The second kappa shape index (κ2) is 5.60. The maximum atomic E-state index is 12.2. The smallest absolute Gasteiger partial charge is 0.265 e. The molecule has 1 fully saturated rings. The number of likely N-dealkylation sites (tertiary alicyclic amines) is 1. The zero-order chi connectivity index (χ0) is 12.3. The monoisotopic (exact) mass is 253 g/mol. The molecule has 1 aliphatic rings. The van der Waals surface area contributed by atoms with E-state index in [1.807, 2.05) is 4.90 Å². The molecule has 2 heterocycles. The van der Waals surface area contributed by atoms with Crippen molar-refractivity contribution in [1.82, 2.24) is 9.88 Å². The molecule has 1 aromatic rings. The first-order valence-corrected chi connectivity index (χ1v) is 7.02. The number of thiazole rings is 1. The summed E-state index contributed by atoms with van der Waals surface area (Å²) in [5.74, 6) is 0.0972. The molecule has 94 valence electrons. The molecule has 4 nitrogen and oxygen atoms in total. The Bertz CT molecular complexity index is 391. The predicted molar refractivity (Wildman–Crippen MR) is 69.2 cm³/mol. The number of amides is 1. The van der Waals surface area contributed by atoms with E-state index in [-0.39, 0.29) is 11.9 Å². The zero-order valence-corrected chi connectivity index (χ0v) is 11.0. The highest BCUT2D eigenvalue weighted by atomic mass is 32.1. The third kappa shape index (κ3) is 3.04. The Kier molecular flexibility index (Phi) is 4.12. The lowest BCUT2D eigenvalue weighted by Gasteiger charge is -2.30. The van der Waals surface area contributed by atoms with Gasteiger partial charge in [0.25, 0.3) is 5.91 Å². The highest BCUT2D eigenvalue weighted by Crippen LogP contribution is 2.19. The van der Waals surface area contributed by atoms with Crippen molar-refractivity contribution in [3.63, 3.8) is 0 Å². The number of nitrogens with two attached hydrogens (primary N) is 1. The Labute approximate surface area is 106 Å². The molecule has 0 aromatic carbocycles. The minimum Gasteiger partial charge on any atom is -0.336 e. The van der Waals surface area contributed by atoms with Gasteiger partial charge in [-0.05, 0) is 25.7 Å². The molecular weight excluding hydrogens is 234 g/mol. The van der Waals surface area contributed by atoms with Gasteiger partial charge in [0.2, 0.25) is 0 Å². The van der Waals surface area contributed by atoms with E-state index in [4.69, 9.17) is 5.73 Å². The molecule has 5 heteroatoms. The molecule has 0 aliphatic carbocycles. The summed E-state index contributed by atoms with van der Waals surface area (Å²) < 4.78 is 0.